The van der Waals surface area contributed by atoms with Crippen molar-refractivity contribution in [2.75, 3.05) is 13.2 Å². The second kappa shape index (κ2) is 37.3. The third kappa shape index (κ3) is 40.4. The number of hydrogen-bond donors (Lipinski definition) is 2. The van der Waals surface area contributed by atoms with Crippen molar-refractivity contribution < 1.29 is 33.1 Å². The van der Waals surface area contributed by atoms with Crippen molar-refractivity contribution in [1.82, 2.24) is 0 Å². The molecule has 0 radical (unpaired) electrons. The summed E-state index contributed by atoms with van der Waals surface area (Å²) >= 11 is 0. The van der Waals surface area contributed by atoms with Crippen molar-refractivity contribution in [1.29, 1.82) is 0 Å². The molecule has 0 heterocycles. The molecule has 0 fully saturated rings. The molecule has 0 spiro atoms. The molecule has 0 rings (SSSR count). The average molecular weight is 709 g/mol. The fourth-order valence-corrected chi connectivity index (χ4v) is 5.64. The minimum Gasteiger partial charge on any atom is -0.498 e. The van der Waals surface area contributed by atoms with Gasteiger partial charge >= 0.3 is 13.8 Å². The number of hydrogen-bond acceptors (Lipinski definition) is 5. The fourth-order valence-electron chi connectivity index (χ4n) is 5.28. The van der Waals surface area contributed by atoms with Crippen molar-refractivity contribution in [2.45, 2.75) is 180 Å². The van der Waals surface area contributed by atoms with Gasteiger partial charge in [0.1, 0.15) is 6.61 Å². The van der Waals surface area contributed by atoms with E-state index in [1.54, 1.807) is 6.26 Å². The van der Waals surface area contributed by atoms with Gasteiger partial charge in [0.25, 0.3) is 0 Å². The molecule has 0 aromatic carbocycles. The standard InChI is InChI=1S/C41H73O7P/c1-3-5-7-9-11-13-15-17-19-20-21-23-25-27-29-31-33-35-37-46-38-40(39-47-49(43,44)45)48-41(42)36-34-32-30-28-26-24-22-18-16-14-12-10-8-6-4-2/h6,8,12,14,18,22,26,28,35,37,40H,3-5,7,9-11,13,15-17,19-21,23-25,27,29-34,36,38-39H2,1-2H3,(H2,43,44,45)/b8-6-,14-12-,22-18-,28-26-,37-35-/t40-/m1/s1. The van der Waals surface area contributed by atoms with Gasteiger partial charge in [-0.05, 0) is 63.9 Å². The summed E-state index contributed by atoms with van der Waals surface area (Å²) in [7, 11) is -4.68. The Morgan fingerprint density at radius 1 is 0.571 bits per heavy atom. The number of ether oxygens (including phenoxy) is 2. The Hall–Kier alpha value is -1.92. The predicted molar refractivity (Wildman–Crippen MR) is 206 cm³/mol. The molecular formula is C41H73O7P. The van der Waals surface area contributed by atoms with Crippen molar-refractivity contribution in [3.63, 3.8) is 0 Å². The highest BCUT2D eigenvalue weighted by atomic mass is 31.2. The first-order chi connectivity index (χ1) is 23.9. The lowest BCUT2D eigenvalue weighted by molar-refractivity contribution is -0.153. The zero-order valence-corrected chi connectivity index (χ0v) is 32.2. The Bertz CT molecular complexity index is 919. The molecule has 0 unspecified atom stereocenters. The number of esters is 1. The zero-order chi connectivity index (χ0) is 35.9. The molecule has 1 atom stereocenters. The number of carbonyl (C=O) groups excluding carboxylic acids is 1. The van der Waals surface area contributed by atoms with Crippen molar-refractivity contribution >= 4 is 13.8 Å². The summed E-state index contributed by atoms with van der Waals surface area (Å²) in [5.74, 6) is -0.426. The van der Waals surface area contributed by atoms with Crippen LogP contribution in [0.25, 0.3) is 0 Å². The van der Waals surface area contributed by atoms with Crippen LogP contribution >= 0.6 is 7.82 Å². The lowest BCUT2D eigenvalue weighted by Crippen LogP contribution is -2.27. The third-order valence-electron chi connectivity index (χ3n) is 8.15. The monoisotopic (exact) mass is 709 g/mol. The first-order valence-electron chi connectivity index (χ1n) is 19.6. The molecule has 0 saturated heterocycles. The van der Waals surface area contributed by atoms with Crippen LogP contribution in [0.4, 0.5) is 0 Å². The SMILES string of the molecule is CC/C=C\C/C=C\C/C=C\C/C=C\CCCCC(=O)O[C@H](CO/C=C\CCCCCCCCCCCCCCCCCC)COP(=O)(O)O. The Kier molecular flexibility index (Phi) is 35.9. The molecule has 0 aromatic rings. The van der Waals surface area contributed by atoms with Crippen LogP contribution in [0.5, 0.6) is 0 Å². The lowest BCUT2D eigenvalue weighted by atomic mass is 10.0. The maximum absolute atomic E-state index is 12.3. The summed E-state index contributed by atoms with van der Waals surface area (Å²) in [6.07, 6.45) is 48.8. The normalized spacial score (nSPS) is 13.2. The van der Waals surface area contributed by atoms with Gasteiger partial charge in [0, 0.05) is 6.42 Å². The maximum Gasteiger partial charge on any atom is 0.469 e. The van der Waals surface area contributed by atoms with Gasteiger partial charge < -0.3 is 19.3 Å². The number of unbranched alkanes of at least 4 members (excludes halogenated alkanes) is 18. The summed E-state index contributed by atoms with van der Waals surface area (Å²) in [5.41, 5.74) is 0. The molecule has 49 heavy (non-hydrogen) atoms. The number of carbonyl (C=O) groups is 1. The summed E-state index contributed by atoms with van der Waals surface area (Å²) in [6.45, 7) is 3.96. The largest absolute Gasteiger partial charge is 0.498 e. The van der Waals surface area contributed by atoms with E-state index < -0.39 is 26.5 Å². The van der Waals surface area contributed by atoms with Gasteiger partial charge in [0.15, 0.2) is 6.10 Å². The Balaban J connectivity index is 3.93. The number of phosphoric ester groups is 1. The zero-order valence-electron chi connectivity index (χ0n) is 31.3. The van der Waals surface area contributed by atoms with E-state index in [1.807, 2.05) is 6.08 Å². The lowest BCUT2D eigenvalue weighted by Gasteiger charge is -2.18. The highest BCUT2D eigenvalue weighted by molar-refractivity contribution is 7.46. The van der Waals surface area contributed by atoms with Crippen LogP contribution in [-0.4, -0.2) is 35.1 Å². The number of rotatable bonds is 36. The van der Waals surface area contributed by atoms with Crippen LogP contribution in [0.3, 0.4) is 0 Å². The highest BCUT2D eigenvalue weighted by Crippen LogP contribution is 2.35. The van der Waals surface area contributed by atoms with E-state index in [-0.39, 0.29) is 13.0 Å². The first-order valence-corrected chi connectivity index (χ1v) is 21.2. The molecule has 0 aliphatic carbocycles. The van der Waals surface area contributed by atoms with Crippen LogP contribution in [0.1, 0.15) is 174 Å². The summed E-state index contributed by atoms with van der Waals surface area (Å²) in [4.78, 5) is 30.5. The van der Waals surface area contributed by atoms with Gasteiger partial charge in [0.2, 0.25) is 0 Å². The van der Waals surface area contributed by atoms with E-state index >= 15 is 0 Å². The molecule has 7 nitrogen and oxygen atoms in total. The topological polar surface area (TPSA) is 102 Å². The summed E-state index contributed by atoms with van der Waals surface area (Å²) < 4.78 is 26.7. The Labute approximate surface area is 301 Å². The molecule has 2 N–H and O–H groups in total. The van der Waals surface area contributed by atoms with Gasteiger partial charge in [-0.1, -0.05) is 159 Å². The third-order valence-corrected chi connectivity index (χ3v) is 8.63. The van der Waals surface area contributed by atoms with Crippen LogP contribution in [-0.2, 0) is 23.4 Å². The molecule has 284 valence electrons. The first kappa shape index (κ1) is 47.1. The maximum atomic E-state index is 12.3. The van der Waals surface area contributed by atoms with Gasteiger partial charge in [-0.25, -0.2) is 4.57 Å². The Morgan fingerprint density at radius 2 is 1.02 bits per heavy atom. The van der Waals surface area contributed by atoms with E-state index in [2.05, 4.69) is 67.0 Å². The van der Waals surface area contributed by atoms with E-state index in [9.17, 15) is 9.36 Å². The van der Waals surface area contributed by atoms with Crippen molar-refractivity contribution in [2.24, 2.45) is 0 Å². The smallest absolute Gasteiger partial charge is 0.469 e. The van der Waals surface area contributed by atoms with Crippen LogP contribution in [0.2, 0.25) is 0 Å². The minimum absolute atomic E-state index is 0.0247. The van der Waals surface area contributed by atoms with Crippen molar-refractivity contribution in [3.8, 4) is 0 Å². The molecule has 8 heteroatoms. The van der Waals surface area contributed by atoms with Crippen LogP contribution < -0.4 is 0 Å². The fraction of sp³-hybridized carbons (Fsp3) is 0.732. The number of allylic oxidation sites excluding steroid dienone is 9. The average Bonchev–Trinajstić information content (AvgIpc) is 3.07. The highest BCUT2D eigenvalue weighted by Gasteiger charge is 2.21. The molecule has 0 amide bonds. The van der Waals surface area contributed by atoms with Gasteiger partial charge in [-0.2, -0.15) is 0 Å². The quantitative estimate of drug-likeness (QED) is 0.0219. The second-order valence-corrected chi connectivity index (χ2v) is 14.2. The molecular weight excluding hydrogens is 635 g/mol. The Morgan fingerprint density at radius 3 is 1.53 bits per heavy atom. The minimum atomic E-state index is -4.68. The van der Waals surface area contributed by atoms with Gasteiger partial charge in [-0.3, -0.25) is 9.32 Å². The van der Waals surface area contributed by atoms with E-state index in [4.69, 9.17) is 19.3 Å². The molecule has 0 aliphatic heterocycles. The van der Waals surface area contributed by atoms with Crippen LogP contribution in [0.15, 0.2) is 60.9 Å². The van der Waals surface area contributed by atoms with Crippen molar-refractivity contribution in [3.05, 3.63) is 60.9 Å². The number of phosphoric acid groups is 1. The summed E-state index contributed by atoms with van der Waals surface area (Å²) in [5, 5.41) is 0. The molecule has 0 aromatic heterocycles. The van der Waals surface area contributed by atoms with Crippen LogP contribution in [0, 0.1) is 0 Å². The van der Waals surface area contributed by atoms with Gasteiger partial charge in [-0.15, -0.1) is 0 Å². The molecule has 0 aliphatic rings. The molecule has 0 saturated carbocycles. The van der Waals surface area contributed by atoms with Gasteiger partial charge in [0.05, 0.1) is 12.9 Å². The molecule has 0 bridgehead atoms. The van der Waals surface area contributed by atoms with E-state index in [0.717, 1.165) is 51.4 Å². The predicted octanol–water partition coefficient (Wildman–Crippen LogP) is 12.6. The van der Waals surface area contributed by atoms with E-state index in [0.29, 0.717) is 6.42 Å². The second-order valence-electron chi connectivity index (χ2n) is 12.9. The summed E-state index contributed by atoms with van der Waals surface area (Å²) in [6, 6.07) is 0. The van der Waals surface area contributed by atoms with E-state index in [1.165, 1.54) is 96.3 Å².